The Kier molecular flexibility index (Phi) is 5.70. The Morgan fingerprint density at radius 1 is 0.929 bits per heavy atom. The van der Waals surface area contributed by atoms with Crippen molar-refractivity contribution in [3.63, 3.8) is 0 Å². The molecule has 0 bridgehead atoms. The summed E-state index contributed by atoms with van der Waals surface area (Å²) in [5.74, 6) is 1.59. The van der Waals surface area contributed by atoms with E-state index >= 15 is 0 Å². The van der Waals surface area contributed by atoms with Gasteiger partial charge < -0.3 is 24.7 Å². The fraction of sp³-hybridized carbons (Fsp3) is 0.200. The Bertz CT molecular complexity index is 991. The van der Waals surface area contributed by atoms with Crippen LogP contribution in [0.4, 0.5) is 5.69 Å². The highest BCUT2D eigenvalue weighted by Crippen LogP contribution is 2.39. The highest BCUT2D eigenvalue weighted by molar-refractivity contribution is 7.12. The number of aromatic nitrogens is 1. The molecule has 0 aliphatic rings. The van der Waals surface area contributed by atoms with Gasteiger partial charge in [0.25, 0.3) is 0 Å². The Morgan fingerprint density at radius 3 is 2.11 bits per heavy atom. The highest BCUT2D eigenvalue weighted by Gasteiger charge is 2.20. The summed E-state index contributed by atoms with van der Waals surface area (Å²) in [7, 11) is 6.07. The van der Waals surface area contributed by atoms with Crippen LogP contribution in [0.2, 0.25) is 0 Å². The molecule has 1 aromatic heterocycles. The van der Waals surface area contributed by atoms with Gasteiger partial charge in [-0.3, -0.25) is 4.79 Å². The Balaban J connectivity index is 1.95. The van der Waals surface area contributed by atoms with Gasteiger partial charge in [-0.1, -0.05) is 0 Å². The number of methoxy groups -OCH3 is 4. The van der Waals surface area contributed by atoms with E-state index in [2.05, 4.69) is 4.98 Å². The third-order valence-corrected chi connectivity index (χ3v) is 4.99. The van der Waals surface area contributed by atoms with Gasteiger partial charge in [-0.2, -0.15) is 0 Å². The van der Waals surface area contributed by atoms with Crippen molar-refractivity contribution in [2.24, 2.45) is 0 Å². The molecular weight excluding hydrogens is 380 g/mol. The van der Waals surface area contributed by atoms with Gasteiger partial charge in [0.1, 0.15) is 5.75 Å². The molecule has 7 nitrogen and oxygen atoms in total. The van der Waals surface area contributed by atoms with Crippen molar-refractivity contribution in [1.29, 1.82) is 0 Å². The molecule has 0 aliphatic carbocycles. The molecule has 0 aliphatic heterocycles. The van der Waals surface area contributed by atoms with Crippen molar-refractivity contribution in [3.05, 3.63) is 46.3 Å². The number of thiazole rings is 1. The number of rotatable bonds is 7. The zero-order valence-electron chi connectivity index (χ0n) is 15.9. The number of ether oxygens (including phenoxy) is 4. The largest absolute Gasteiger partial charge is 0.495 e. The SMILES string of the molecule is COc1ccc(-c2csc(C(=O)c3cc(OC)c(OC)c(OC)c3)n2)cc1N. The first-order chi connectivity index (χ1) is 13.5. The van der Waals surface area contributed by atoms with Gasteiger partial charge in [0.05, 0.1) is 39.8 Å². The molecule has 2 N–H and O–H groups in total. The molecule has 3 aromatic rings. The quantitative estimate of drug-likeness (QED) is 0.478. The van der Waals surface area contributed by atoms with Crippen molar-refractivity contribution in [1.82, 2.24) is 4.98 Å². The number of hydrogen-bond donors (Lipinski definition) is 1. The minimum Gasteiger partial charge on any atom is -0.495 e. The molecule has 146 valence electrons. The third kappa shape index (κ3) is 3.59. The first kappa shape index (κ1) is 19.5. The molecule has 1 heterocycles. The lowest BCUT2D eigenvalue weighted by atomic mass is 10.1. The zero-order chi connectivity index (χ0) is 20.3. The van der Waals surface area contributed by atoms with Crippen molar-refractivity contribution in [3.8, 4) is 34.3 Å². The number of hydrogen-bond acceptors (Lipinski definition) is 8. The summed E-state index contributed by atoms with van der Waals surface area (Å²) in [6, 6.07) is 8.59. The van der Waals surface area contributed by atoms with E-state index in [0.717, 1.165) is 5.56 Å². The highest BCUT2D eigenvalue weighted by atomic mass is 32.1. The summed E-state index contributed by atoms with van der Waals surface area (Å²) in [5, 5.41) is 2.16. The molecule has 0 radical (unpaired) electrons. The molecule has 0 saturated heterocycles. The minimum absolute atomic E-state index is 0.239. The van der Waals surface area contributed by atoms with E-state index in [9.17, 15) is 4.79 Å². The first-order valence-corrected chi connectivity index (χ1v) is 9.14. The maximum atomic E-state index is 12.9. The van der Waals surface area contributed by atoms with E-state index in [1.807, 2.05) is 11.4 Å². The zero-order valence-corrected chi connectivity index (χ0v) is 16.8. The van der Waals surface area contributed by atoms with Crippen molar-refractivity contribution < 1.29 is 23.7 Å². The van der Waals surface area contributed by atoms with Crippen LogP contribution in [0.25, 0.3) is 11.3 Å². The van der Waals surface area contributed by atoms with Crippen molar-refractivity contribution >= 4 is 22.8 Å². The maximum Gasteiger partial charge on any atom is 0.221 e. The van der Waals surface area contributed by atoms with Gasteiger partial charge in [0, 0.05) is 16.5 Å². The summed E-state index contributed by atoms with van der Waals surface area (Å²) < 4.78 is 21.1. The van der Waals surface area contributed by atoms with Gasteiger partial charge in [-0.05, 0) is 30.3 Å². The molecule has 0 unspecified atom stereocenters. The van der Waals surface area contributed by atoms with Gasteiger partial charge in [0.15, 0.2) is 16.5 Å². The second kappa shape index (κ2) is 8.18. The van der Waals surface area contributed by atoms with Crippen LogP contribution >= 0.6 is 11.3 Å². The van der Waals surface area contributed by atoms with E-state index in [1.54, 1.807) is 31.4 Å². The van der Waals surface area contributed by atoms with Crippen LogP contribution < -0.4 is 24.7 Å². The van der Waals surface area contributed by atoms with Crippen molar-refractivity contribution in [2.45, 2.75) is 0 Å². The van der Waals surface area contributed by atoms with Crippen LogP contribution in [0, 0.1) is 0 Å². The minimum atomic E-state index is -0.239. The lowest BCUT2D eigenvalue weighted by Crippen LogP contribution is -2.04. The van der Waals surface area contributed by atoms with Crippen molar-refractivity contribution in [2.75, 3.05) is 34.2 Å². The normalized spacial score (nSPS) is 10.4. The van der Waals surface area contributed by atoms with Crippen LogP contribution in [0.3, 0.4) is 0 Å². The van der Waals surface area contributed by atoms with Crippen LogP contribution in [-0.2, 0) is 0 Å². The average molecular weight is 400 g/mol. The monoisotopic (exact) mass is 400 g/mol. The van der Waals surface area contributed by atoms with E-state index in [1.165, 1.54) is 32.7 Å². The molecule has 8 heteroatoms. The van der Waals surface area contributed by atoms with Gasteiger partial charge >= 0.3 is 0 Å². The molecule has 0 saturated carbocycles. The smallest absolute Gasteiger partial charge is 0.221 e. The lowest BCUT2D eigenvalue weighted by Gasteiger charge is -2.13. The summed E-state index contributed by atoms with van der Waals surface area (Å²) >= 11 is 1.25. The number of nitrogen functional groups attached to an aromatic ring is 1. The second-order valence-electron chi connectivity index (χ2n) is 5.74. The predicted octanol–water partition coefficient (Wildman–Crippen LogP) is 3.66. The lowest BCUT2D eigenvalue weighted by molar-refractivity contribution is 0.103. The summed E-state index contributed by atoms with van der Waals surface area (Å²) in [5.41, 5.74) is 8.33. The standard InChI is InChI=1S/C20H20N2O5S/c1-24-15-6-5-11(7-13(15)21)14-10-28-20(22-14)18(23)12-8-16(25-2)19(27-4)17(9-12)26-3/h5-10H,21H2,1-4H3. The number of ketones is 1. The molecule has 2 aromatic carbocycles. The van der Waals surface area contributed by atoms with E-state index in [4.69, 9.17) is 24.7 Å². The topological polar surface area (TPSA) is 92.9 Å². The molecule has 0 spiro atoms. The molecule has 28 heavy (non-hydrogen) atoms. The van der Waals surface area contributed by atoms with E-state index < -0.39 is 0 Å². The van der Waals surface area contributed by atoms with Crippen LogP contribution in [0.1, 0.15) is 15.4 Å². The van der Waals surface area contributed by atoms with Crippen LogP contribution in [-0.4, -0.2) is 39.2 Å². The number of nitrogens with two attached hydrogens (primary N) is 1. The summed E-state index contributed by atoms with van der Waals surface area (Å²) in [4.78, 5) is 17.4. The molecular formula is C20H20N2O5S. The predicted molar refractivity (Wildman–Crippen MR) is 108 cm³/mol. The second-order valence-corrected chi connectivity index (χ2v) is 6.60. The average Bonchev–Trinajstić information content (AvgIpc) is 3.22. The summed E-state index contributed by atoms with van der Waals surface area (Å²) in [6.45, 7) is 0. The first-order valence-electron chi connectivity index (χ1n) is 8.26. The fourth-order valence-electron chi connectivity index (χ4n) is 2.74. The molecule has 0 fully saturated rings. The Hall–Kier alpha value is -3.26. The van der Waals surface area contributed by atoms with Crippen LogP contribution in [0.15, 0.2) is 35.7 Å². The summed E-state index contributed by atoms with van der Waals surface area (Å²) in [6.07, 6.45) is 0. The maximum absolute atomic E-state index is 12.9. The van der Waals surface area contributed by atoms with E-state index in [0.29, 0.717) is 45.0 Å². The van der Waals surface area contributed by atoms with Gasteiger partial charge in [-0.25, -0.2) is 4.98 Å². The molecule has 0 amide bonds. The van der Waals surface area contributed by atoms with E-state index in [-0.39, 0.29) is 5.78 Å². The molecule has 3 rings (SSSR count). The Morgan fingerprint density at radius 2 is 1.57 bits per heavy atom. The molecule has 0 atom stereocenters. The fourth-order valence-corrected chi connectivity index (χ4v) is 3.53. The number of carbonyl (C=O) groups is 1. The van der Waals surface area contributed by atoms with Gasteiger partial charge in [-0.15, -0.1) is 11.3 Å². The number of carbonyl (C=O) groups excluding carboxylic acids is 1. The Labute approximate surface area is 166 Å². The number of benzene rings is 2. The number of anilines is 1. The third-order valence-electron chi connectivity index (χ3n) is 4.15. The number of nitrogens with zero attached hydrogens (tertiary/aromatic N) is 1. The van der Waals surface area contributed by atoms with Gasteiger partial charge in [0.2, 0.25) is 11.5 Å². The van der Waals surface area contributed by atoms with Crippen LogP contribution in [0.5, 0.6) is 23.0 Å².